The molecule has 90 valence electrons. The largest absolute Gasteiger partial charge is 0.383 e. The number of nitrogens with one attached hydrogen (secondary N) is 2. The van der Waals surface area contributed by atoms with Crippen molar-refractivity contribution in [3.8, 4) is 0 Å². The second-order valence-corrected chi connectivity index (χ2v) is 3.37. The van der Waals surface area contributed by atoms with Gasteiger partial charge in [0.15, 0.2) is 0 Å². The predicted octanol–water partition coefficient (Wildman–Crippen LogP) is 1.14. The topological polar surface area (TPSA) is 72.0 Å². The van der Waals surface area contributed by atoms with Crippen molar-refractivity contribution in [2.24, 2.45) is 0 Å². The Hall–Kier alpha value is -1.43. The second kappa shape index (κ2) is 7.81. The van der Waals surface area contributed by atoms with Crippen molar-refractivity contribution in [3.63, 3.8) is 0 Å². The average Bonchev–Trinajstić information content (AvgIpc) is 2.30. The maximum Gasteiger partial charge on any atom is 0.244 e. The second-order valence-electron chi connectivity index (χ2n) is 3.37. The molecule has 0 atom stereocenters. The summed E-state index contributed by atoms with van der Waals surface area (Å²) in [6, 6.07) is 0. The molecule has 0 aliphatic rings. The Bertz CT molecular complexity index is 269. The summed E-state index contributed by atoms with van der Waals surface area (Å²) in [4.78, 5) is 4.26. The third-order valence-electron chi connectivity index (χ3n) is 1.98. The molecule has 0 amide bonds. The van der Waals surface area contributed by atoms with Gasteiger partial charge in [0.25, 0.3) is 0 Å². The first-order valence-electron chi connectivity index (χ1n) is 5.53. The zero-order valence-electron chi connectivity index (χ0n) is 9.86. The van der Waals surface area contributed by atoms with E-state index in [0.717, 1.165) is 25.2 Å². The standard InChI is InChI=1S/C10H19N5O/c1-3-4-5-11-9-8-13-15-10(14-9)12-6-7-16-2/h8H,3-7H2,1-2H3,(H2,11,12,14,15). The normalized spacial score (nSPS) is 10.1. The van der Waals surface area contributed by atoms with Gasteiger partial charge in [-0.2, -0.15) is 10.1 Å². The minimum absolute atomic E-state index is 0.526. The number of hydrogen-bond donors (Lipinski definition) is 2. The number of methoxy groups -OCH3 is 1. The summed E-state index contributed by atoms with van der Waals surface area (Å²) in [5.41, 5.74) is 0. The SMILES string of the molecule is CCCCNc1cnnc(NCCOC)n1. The van der Waals surface area contributed by atoms with Crippen LogP contribution >= 0.6 is 0 Å². The highest BCUT2D eigenvalue weighted by molar-refractivity contribution is 5.36. The first-order chi connectivity index (χ1) is 7.86. The highest BCUT2D eigenvalue weighted by Crippen LogP contribution is 2.03. The molecule has 1 heterocycles. The molecular weight excluding hydrogens is 206 g/mol. The van der Waals surface area contributed by atoms with Gasteiger partial charge in [0.2, 0.25) is 5.95 Å². The molecule has 6 heteroatoms. The molecule has 2 N–H and O–H groups in total. The van der Waals surface area contributed by atoms with Gasteiger partial charge in [-0.1, -0.05) is 13.3 Å². The molecule has 0 aromatic carbocycles. The van der Waals surface area contributed by atoms with Crippen molar-refractivity contribution in [2.75, 3.05) is 37.4 Å². The third kappa shape index (κ3) is 4.88. The fourth-order valence-electron chi connectivity index (χ4n) is 1.12. The van der Waals surface area contributed by atoms with Gasteiger partial charge in [0, 0.05) is 20.2 Å². The highest BCUT2D eigenvalue weighted by Gasteiger charge is 1.98. The fraction of sp³-hybridized carbons (Fsp3) is 0.700. The van der Waals surface area contributed by atoms with Crippen molar-refractivity contribution >= 4 is 11.8 Å². The Morgan fingerprint density at radius 3 is 2.94 bits per heavy atom. The molecule has 1 aromatic rings. The summed E-state index contributed by atoms with van der Waals surface area (Å²) in [5.74, 6) is 1.28. The Kier molecular flexibility index (Phi) is 6.17. The zero-order chi connectivity index (χ0) is 11.6. The molecule has 0 saturated heterocycles. The van der Waals surface area contributed by atoms with Crippen molar-refractivity contribution in [2.45, 2.75) is 19.8 Å². The van der Waals surface area contributed by atoms with Crippen LogP contribution in [0.15, 0.2) is 6.20 Å². The Morgan fingerprint density at radius 2 is 2.19 bits per heavy atom. The van der Waals surface area contributed by atoms with Crippen LogP contribution in [-0.2, 0) is 4.74 Å². The van der Waals surface area contributed by atoms with Crippen molar-refractivity contribution in [1.29, 1.82) is 0 Å². The van der Waals surface area contributed by atoms with E-state index in [1.54, 1.807) is 13.3 Å². The van der Waals surface area contributed by atoms with Crippen molar-refractivity contribution in [1.82, 2.24) is 15.2 Å². The minimum atomic E-state index is 0.526. The molecule has 1 rings (SSSR count). The lowest BCUT2D eigenvalue weighted by atomic mass is 10.3. The van der Waals surface area contributed by atoms with E-state index < -0.39 is 0 Å². The van der Waals surface area contributed by atoms with Crippen LogP contribution in [0.25, 0.3) is 0 Å². The molecule has 0 spiro atoms. The predicted molar refractivity (Wildman–Crippen MR) is 63.6 cm³/mol. The Balaban J connectivity index is 2.37. The van der Waals surface area contributed by atoms with Crippen LogP contribution in [0.1, 0.15) is 19.8 Å². The van der Waals surface area contributed by atoms with Gasteiger partial charge < -0.3 is 15.4 Å². The third-order valence-corrected chi connectivity index (χ3v) is 1.98. The molecule has 0 aliphatic heterocycles. The van der Waals surface area contributed by atoms with E-state index in [-0.39, 0.29) is 0 Å². The number of anilines is 2. The summed E-state index contributed by atoms with van der Waals surface area (Å²) < 4.78 is 4.92. The minimum Gasteiger partial charge on any atom is -0.383 e. The molecular formula is C10H19N5O. The number of nitrogens with zero attached hydrogens (tertiary/aromatic N) is 3. The Morgan fingerprint density at radius 1 is 1.31 bits per heavy atom. The van der Waals surface area contributed by atoms with E-state index in [4.69, 9.17) is 4.74 Å². The van der Waals surface area contributed by atoms with E-state index in [0.29, 0.717) is 19.1 Å². The summed E-state index contributed by atoms with van der Waals surface area (Å²) >= 11 is 0. The number of hydrogen-bond acceptors (Lipinski definition) is 6. The summed E-state index contributed by atoms with van der Waals surface area (Å²) in [6.07, 6.45) is 3.90. The molecule has 0 aliphatic carbocycles. The summed E-state index contributed by atoms with van der Waals surface area (Å²) in [7, 11) is 1.66. The van der Waals surface area contributed by atoms with E-state index in [1.165, 1.54) is 0 Å². The monoisotopic (exact) mass is 225 g/mol. The van der Waals surface area contributed by atoms with E-state index in [2.05, 4.69) is 32.7 Å². The lowest BCUT2D eigenvalue weighted by molar-refractivity contribution is 0.210. The van der Waals surface area contributed by atoms with Crippen LogP contribution in [0.3, 0.4) is 0 Å². The number of aromatic nitrogens is 3. The molecule has 0 bridgehead atoms. The molecule has 0 radical (unpaired) electrons. The van der Waals surface area contributed by atoms with Crippen LogP contribution in [0.5, 0.6) is 0 Å². The summed E-state index contributed by atoms with van der Waals surface area (Å²) in [5, 5.41) is 14.0. The van der Waals surface area contributed by atoms with Gasteiger partial charge in [0.05, 0.1) is 12.8 Å². The number of rotatable bonds is 8. The first kappa shape index (κ1) is 12.6. The molecule has 6 nitrogen and oxygen atoms in total. The smallest absolute Gasteiger partial charge is 0.244 e. The van der Waals surface area contributed by atoms with Gasteiger partial charge in [-0.25, -0.2) is 0 Å². The lowest BCUT2D eigenvalue weighted by Gasteiger charge is -2.06. The number of unbranched alkanes of at least 4 members (excludes halogenated alkanes) is 1. The van der Waals surface area contributed by atoms with Gasteiger partial charge in [-0.05, 0) is 6.42 Å². The number of ether oxygens (including phenoxy) is 1. The maximum absolute atomic E-state index is 4.92. The van der Waals surface area contributed by atoms with Crippen LogP contribution in [0.2, 0.25) is 0 Å². The van der Waals surface area contributed by atoms with Gasteiger partial charge >= 0.3 is 0 Å². The lowest BCUT2D eigenvalue weighted by Crippen LogP contribution is -2.12. The van der Waals surface area contributed by atoms with Gasteiger partial charge in [0.1, 0.15) is 5.82 Å². The Labute approximate surface area is 95.8 Å². The van der Waals surface area contributed by atoms with Crippen LogP contribution in [0, 0.1) is 0 Å². The molecule has 0 saturated carbocycles. The molecule has 1 aromatic heterocycles. The fourth-order valence-corrected chi connectivity index (χ4v) is 1.12. The van der Waals surface area contributed by atoms with Crippen molar-refractivity contribution in [3.05, 3.63) is 6.20 Å². The molecule has 16 heavy (non-hydrogen) atoms. The van der Waals surface area contributed by atoms with Crippen molar-refractivity contribution < 1.29 is 4.74 Å². The van der Waals surface area contributed by atoms with Crippen LogP contribution in [0.4, 0.5) is 11.8 Å². The average molecular weight is 225 g/mol. The zero-order valence-corrected chi connectivity index (χ0v) is 9.86. The first-order valence-corrected chi connectivity index (χ1v) is 5.53. The quantitative estimate of drug-likeness (QED) is 0.646. The van der Waals surface area contributed by atoms with E-state index in [9.17, 15) is 0 Å². The highest BCUT2D eigenvalue weighted by atomic mass is 16.5. The van der Waals surface area contributed by atoms with Crippen LogP contribution < -0.4 is 10.6 Å². The molecule has 0 fully saturated rings. The van der Waals surface area contributed by atoms with E-state index >= 15 is 0 Å². The maximum atomic E-state index is 4.92. The van der Waals surface area contributed by atoms with E-state index in [1.807, 2.05) is 0 Å². The molecule has 0 unspecified atom stereocenters. The summed E-state index contributed by atoms with van der Waals surface area (Å²) in [6.45, 7) is 4.36. The van der Waals surface area contributed by atoms with Crippen LogP contribution in [-0.4, -0.2) is 42.0 Å². The van der Waals surface area contributed by atoms with Gasteiger partial charge in [-0.15, -0.1) is 5.10 Å². The van der Waals surface area contributed by atoms with Gasteiger partial charge in [-0.3, -0.25) is 0 Å².